The van der Waals surface area contributed by atoms with Crippen LogP contribution in [0, 0.1) is 18.5 Å². The predicted octanol–water partition coefficient (Wildman–Crippen LogP) is 3.93. The van der Waals surface area contributed by atoms with E-state index in [1.807, 2.05) is 24.3 Å². The average Bonchev–Trinajstić information content (AvgIpc) is 2.39. The van der Waals surface area contributed by atoms with Crippen molar-refractivity contribution >= 4 is 50.9 Å². The van der Waals surface area contributed by atoms with Crippen LogP contribution in [0.4, 0.5) is 5.69 Å². The van der Waals surface area contributed by atoms with E-state index in [0.29, 0.717) is 23.6 Å². The average molecular weight is 476 g/mol. The molecule has 0 spiro atoms. The van der Waals surface area contributed by atoms with E-state index in [9.17, 15) is 0 Å². The lowest BCUT2D eigenvalue weighted by molar-refractivity contribution is 0.305. The molecule has 0 bridgehead atoms. The molecule has 2 rings (SSSR count). The Hall–Kier alpha value is -1.01. The van der Waals surface area contributed by atoms with E-state index in [0.717, 1.165) is 9.13 Å². The molecule has 0 saturated carbocycles. The summed E-state index contributed by atoms with van der Waals surface area (Å²) in [6, 6.07) is 13.6. The van der Waals surface area contributed by atoms with Crippen molar-refractivity contribution in [1.29, 1.82) is 5.26 Å². The Morgan fingerprint density at radius 1 is 1.16 bits per heavy atom. The van der Waals surface area contributed by atoms with Crippen LogP contribution in [0.5, 0.6) is 5.75 Å². The fourth-order valence-corrected chi connectivity index (χ4v) is 2.73. The highest BCUT2D eigenvalue weighted by molar-refractivity contribution is 14.1. The molecule has 96 valence electrons. The molecule has 0 saturated heterocycles. The fourth-order valence-electron chi connectivity index (χ4n) is 1.57. The number of nitrogens with zero attached hydrogens (tertiary/aromatic N) is 1. The first-order chi connectivity index (χ1) is 9.10. The Morgan fingerprint density at radius 3 is 2.42 bits per heavy atom. The molecule has 0 fully saturated rings. The van der Waals surface area contributed by atoms with Crippen molar-refractivity contribution < 1.29 is 4.74 Å². The van der Waals surface area contributed by atoms with Gasteiger partial charge < -0.3 is 10.5 Å². The van der Waals surface area contributed by atoms with E-state index < -0.39 is 0 Å². The lowest BCUT2D eigenvalue weighted by Gasteiger charge is -2.11. The molecule has 2 aromatic carbocycles. The summed E-state index contributed by atoms with van der Waals surface area (Å²) in [4.78, 5) is 0. The van der Waals surface area contributed by atoms with E-state index in [2.05, 4.69) is 51.3 Å². The zero-order valence-electron chi connectivity index (χ0n) is 9.86. The first kappa shape index (κ1) is 14.4. The number of nitrogen functional groups attached to an aromatic ring is 1. The van der Waals surface area contributed by atoms with Gasteiger partial charge in [0.25, 0.3) is 0 Å². The molecule has 0 amide bonds. The van der Waals surface area contributed by atoms with Gasteiger partial charge in [-0.3, -0.25) is 0 Å². The molecule has 5 heteroatoms. The summed E-state index contributed by atoms with van der Waals surface area (Å²) in [6.07, 6.45) is 0. The molecular weight excluding hydrogens is 466 g/mol. The number of anilines is 1. The second-order valence-electron chi connectivity index (χ2n) is 3.90. The number of benzene rings is 2. The second-order valence-corrected chi connectivity index (χ2v) is 6.31. The third kappa shape index (κ3) is 3.73. The number of rotatable bonds is 3. The zero-order valence-corrected chi connectivity index (χ0v) is 14.2. The first-order valence-electron chi connectivity index (χ1n) is 5.46. The number of halogens is 2. The van der Waals surface area contributed by atoms with Gasteiger partial charge in [-0.2, -0.15) is 5.26 Å². The van der Waals surface area contributed by atoms with E-state index in [1.165, 1.54) is 3.57 Å². The Morgan fingerprint density at radius 2 is 1.84 bits per heavy atom. The molecule has 0 atom stereocenters. The van der Waals surface area contributed by atoms with E-state index in [-0.39, 0.29) is 0 Å². The van der Waals surface area contributed by atoms with Crippen molar-refractivity contribution in [3.05, 3.63) is 54.7 Å². The highest BCUT2D eigenvalue weighted by Gasteiger charge is 2.08. The predicted molar refractivity (Wildman–Crippen MR) is 91.8 cm³/mol. The summed E-state index contributed by atoms with van der Waals surface area (Å²) in [5, 5.41) is 8.86. The lowest BCUT2D eigenvalue weighted by Crippen LogP contribution is -2.01. The Kier molecular flexibility index (Phi) is 4.87. The van der Waals surface area contributed by atoms with Gasteiger partial charge in [-0.1, -0.05) is 12.1 Å². The minimum atomic E-state index is 0.461. The highest BCUT2D eigenvalue weighted by Crippen LogP contribution is 2.30. The van der Waals surface area contributed by atoms with E-state index in [1.54, 1.807) is 12.1 Å². The third-order valence-corrected chi connectivity index (χ3v) is 4.02. The van der Waals surface area contributed by atoms with Gasteiger partial charge in [-0.05, 0) is 75.0 Å². The topological polar surface area (TPSA) is 59.0 Å². The zero-order chi connectivity index (χ0) is 13.8. The summed E-state index contributed by atoms with van der Waals surface area (Å²) < 4.78 is 7.78. The second kappa shape index (κ2) is 6.43. The minimum Gasteiger partial charge on any atom is -0.486 e. The van der Waals surface area contributed by atoms with E-state index in [4.69, 9.17) is 15.7 Å². The molecule has 0 aliphatic carbocycles. The fraction of sp³-hybridized carbons (Fsp3) is 0.0714. The number of hydrogen-bond acceptors (Lipinski definition) is 3. The van der Waals surface area contributed by atoms with Gasteiger partial charge in [0, 0.05) is 3.57 Å². The molecule has 0 unspecified atom stereocenters. The van der Waals surface area contributed by atoms with Gasteiger partial charge in [-0.15, -0.1) is 0 Å². The monoisotopic (exact) mass is 476 g/mol. The Labute approximate surface area is 139 Å². The Bertz CT molecular complexity index is 610. The van der Waals surface area contributed by atoms with Crippen molar-refractivity contribution in [2.45, 2.75) is 6.61 Å². The van der Waals surface area contributed by atoms with Crippen LogP contribution >= 0.6 is 45.2 Å². The maximum atomic E-state index is 8.86. The van der Waals surface area contributed by atoms with Crippen molar-refractivity contribution in [2.24, 2.45) is 0 Å². The summed E-state index contributed by atoms with van der Waals surface area (Å²) in [5.41, 5.74) is 8.03. The van der Waals surface area contributed by atoms with Crippen LogP contribution in [0.2, 0.25) is 0 Å². The number of nitrogens with two attached hydrogens (primary N) is 1. The molecule has 0 radical (unpaired) electrons. The molecule has 0 aliphatic rings. The van der Waals surface area contributed by atoms with Gasteiger partial charge in [-0.25, -0.2) is 0 Å². The summed E-state index contributed by atoms with van der Waals surface area (Å²) in [6.45, 7) is 0.461. The molecule has 19 heavy (non-hydrogen) atoms. The SMILES string of the molecule is N#Cc1cc(N)c(OCc2ccc(I)cc2)c(I)c1. The highest BCUT2D eigenvalue weighted by atomic mass is 127. The third-order valence-electron chi connectivity index (χ3n) is 2.50. The number of hydrogen-bond donors (Lipinski definition) is 1. The van der Waals surface area contributed by atoms with Crippen molar-refractivity contribution in [3.63, 3.8) is 0 Å². The molecule has 2 N–H and O–H groups in total. The van der Waals surface area contributed by atoms with E-state index >= 15 is 0 Å². The first-order valence-corrected chi connectivity index (χ1v) is 7.62. The van der Waals surface area contributed by atoms with Gasteiger partial charge >= 0.3 is 0 Å². The van der Waals surface area contributed by atoms with Gasteiger partial charge in [0.05, 0.1) is 20.9 Å². The van der Waals surface area contributed by atoms with Crippen molar-refractivity contribution in [1.82, 2.24) is 0 Å². The van der Waals surface area contributed by atoms with Gasteiger partial charge in [0.15, 0.2) is 5.75 Å². The van der Waals surface area contributed by atoms with Crippen LogP contribution in [-0.4, -0.2) is 0 Å². The van der Waals surface area contributed by atoms with Crippen LogP contribution in [0.25, 0.3) is 0 Å². The smallest absolute Gasteiger partial charge is 0.156 e. The summed E-state index contributed by atoms with van der Waals surface area (Å²) in [5.74, 6) is 0.637. The minimum absolute atomic E-state index is 0.461. The van der Waals surface area contributed by atoms with Gasteiger partial charge in [0.2, 0.25) is 0 Å². The molecule has 0 aliphatic heterocycles. The van der Waals surface area contributed by atoms with Crippen LogP contribution < -0.4 is 10.5 Å². The number of nitriles is 1. The maximum Gasteiger partial charge on any atom is 0.156 e. The Balaban J connectivity index is 2.16. The quantitative estimate of drug-likeness (QED) is 0.540. The van der Waals surface area contributed by atoms with Crippen LogP contribution in [0.15, 0.2) is 36.4 Å². The molecule has 0 aromatic heterocycles. The number of ether oxygens (including phenoxy) is 1. The molecular formula is C14H10I2N2O. The van der Waals surface area contributed by atoms with Crippen molar-refractivity contribution in [3.8, 4) is 11.8 Å². The largest absolute Gasteiger partial charge is 0.486 e. The normalized spacial score (nSPS) is 9.95. The van der Waals surface area contributed by atoms with Crippen molar-refractivity contribution in [2.75, 3.05) is 5.73 Å². The van der Waals surface area contributed by atoms with Crippen LogP contribution in [0.1, 0.15) is 11.1 Å². The van der Waals surface area contributed by atoms with Gasteiger partial charge in [0.1, 0.15) is 6.61 Å². The summed E-state index contributed by atoms with van der Waals surface area (Å²) >= 11 is 4.39. The van der Waals surface area contributed by atoms with Crippen LogP contribution in [-0.2, 0) is 6.61 Å². The molecule has 2 aromatic rings. The maximum absolute atomic E-state index is 8.86. The lowest BCUT2D eigenvalue weighted by atomic mass is 10.2. The molecule has 3 nitrogen and oxygen atoms in total. The molecule has 0 heterocycles. The standard InChI is InChI=1S/C14H10I2N2O/c15-11-3-1-9(2-4-11)8-19-14-12(16)5-10(7-17)6-13(14)18/h1-6H,8,18H2. The van der Waals surface area contributed by atoms with Crippen LogP contribution in [0.3, 0.4) is 0 Å². The summed E-state index contributed by atoms with van der Waals surface area (Å²) in [7, 11) is 0.